The zero-order valence-electron chi connectivity index (χ0n) is 19.2. The van der Waals surface area contributed by atoms with Crippen LogP contribution in [0.4, 0.5) is 11.4 Å². The van der Waals surface area contributed by atoms with Crippen molar-refractivity contribution in [1.29, 1.82) is 0 Å². The number of aryl methyl sites for hydroxylation is 1. The smallest absolute Gasteiger partial charge is 0.270 e. The minimum atomic E-state index is -0.467. The zero-order chi connectivity index (χ0) is 23.2. The molecule has 1 fully saturated rings. The van der Waals surface area contributed by atoms with Crippen LogP contribution in [0, 0.1) is 6.92 Å². The van der Waals surface area contributed by atoms with Gasteiger partial charge in [0.15, 0.2) is 5.11 Å². The molecule has 0 radical (unpaired) electrons. The lowest BCUT2D eigenvalue weighted by Crippen LogP contribution is -2.54. The quantitative estimate of drug-likeness (QED) is 0.411. The molecule has 4 rings (SSSR count). The molecular weight excluding hydrogens is 418 g/mol. The van der Waals surface area contributed by atoms with E-state index in [0.717, 1.165) is 24.1 Å². The van der Waals surface area contributed by atoms with Gasteiger partial charge in [-0.25, -0.2) is 0 Å². The Morgan fingerprint density at radius 1 is 1.16 bits per heavy atom. The monoisotopic (exact) mass is 447 g/mol. The molecule has 0 spiro atoms. The normalized spacial score (nSPS) is 21.6. The molecule has 6 heteroatoms. The third-order valence-corrected chi connectivity index (χ3v) is 6.72. The van der Waals surface area contributed by atoms with Crippen LogP contribution >= 0.6 is 12.2 Å². The van der Waals surface area contributed by atoms with E-state index in [4.69, 9.17) is 12.2 Å². The van der Waals surface area contributed by atoms with E-state index in [9.17, 15) is 9.59 Å². The predicted molar refractivity (Wildman–Crippen MR) is 134 cm³/mol. The minimum Gasteiger partial charge on any atom is -0.366 e. The van der Waals surface area contributed by atoms with Gasteiger partial charge in [-0.2, -0.15) is 0 Å². The van der Waals surface area contributed by atoms with Crippen molar-refractivity contribution < 1.29 is 9.59 Å². The highest BCUT2D eigenvalue weighted by molar-refractivity contribution is 7.80. The Kier molecular flexibility index (Phi) is 5.67. The highest BCUT2D eigenvalue weighted by Crippen LogP contribution is 2.43. The van der Waals surface area contributed by atoms with Gasteiger partial charge in [0.05, 0.1) is 5.69 Å². The van der Waals surface area contributed by atoms with Gasteiger partial charge < -0.3 is 4.90 Å². The molecule has 2 aliphatic heterocycles. The van der Waals surface area contributed by atoms with Crippen LogP contribution in [0.5, 0.6) is 0 Å². The van der Waals surface area contributed by atoms with E-state index in [1.807, 2.05) is 37.3 Å². The number of hydrogen-bond donors (Lipinski definition) is 1. The Bertz CT molecular complexity index is 1130. The third-order valence-electron chi connectivity index (χ3n) is 6.43. The van der Waals surface area contributed by atoms with Gasteiger partial charge in [-0.3, -0.25) is 19.8 Å². The van der Waals surface area contributed by atoms with E-state index in [0.29, 0.717) is 11.6 Å². The number of rotatable bonds is 3. The summed E-state index contributed by atoms with van der Waals surface area (Å²) in [4.78, 5) is 29.7. The Morgan fingerprint density at radius 2 is 1.84 bits per heavy atom. The van der Waals surface area contributed by atoms with E-state index in [-0.39, 0.29) is 16.2 Å². The number of anilines is 2. The second-order valence-electron chi connectivity index (χ2n) is 9.27. The number of hydrogen-bond acceptors (Lipinski definition) is 4. The number of benzene rings is 2. The lowest BCUT2D eigenvalue weighted by Gasteiger charge is -2.47. The minimum absolute atomic E-state index is 0.0789. The van der Waals surface area contributed by atoms with Gasteiger partial charge in [-0.05, 0) is 93.7 Å². The van der Waals surface area contributed by atoms with Gasteiger partial charge in [0.2, 0.25) is 0 Å². The number of carbonyl (C=O) groups is 2. The van der Waals surface area contributed by atoms with Crippen LogP contribution in [0.15, 0.2) is 48.0 Å². The van der Waals surface area contributed by atoms with Crippen LogP contribution in [-0.2, 0) is 9.59 Å². The molecule has 2 amide bonds. The lowest BCUT2D eigenvalue weighted by atomic mass is 9.79. The number of amides is 2. The van der Waals surface area contributed by atoms with E-state index in [1.165, 1.54) is 16.2 Å². The topological polar surface area (TPSA) is 52.7 Å². The molecule has 1 saturated heterocycles. The fourth-order valence-electron chi connectivity index (χ4n) is 4.95. The van der Waals surface area contributed by atoms with Crippen molar-refractivity contribution in [1.82, 2.24) is 5.32 Å². The van der Waals surface area contributed by atoms with Gasteiger partial charge in [0, 0.05) is 17.8 Å². The molecule has 2 aliphatic rings. The number of thiocarbonyl (C=S) groups is 1. The third kappa shape index (κ3) is 3.84. The summed E-state index contributed by atoms with van der Waals surface area (Å²) >= 11 is 5.30. The first-order valence-electron chi connectivity index (χ1n) is 11.0. The molecule has 1 unspecified atom stereocenters. The fraction of sp³-hybridized carbons (Fsp3) is 0.346. The maximum absolute atomic E-state index is 13.3. The van der Waals surface area contributed by atoms with Crippen molar-refractivity contribution in [2.75, 3.05) is 16.3 Å². The largest absolute Gasteiger partial charge is 0.366 e. The molecular formula is C26H29N3O2S. The number of nitrogens with zero attached hydrogens (tertiary/aromatic N) is 2. The van der Waals surface area contributed by atoms with Gasteiger partial charge in [0.25, 0.3) is 11.8 Å². The molecule has 1 atom stereocenters. The molecule has 0 aromatic heterocycles. The second-order valence-corrected chi connectivity index (χ2v) is 9.66. The van der Waals surface area contributed by atoms with Crippen LogP contribution < -0.4 is 15.1 Å². The van der Waals surface area contributed by atoms with Crippen molar-refractivity contribution in [3.05, 3.63) is 64.7 Å². The van der Waals surface area contributed by atoms with Crippen molar-refractivity contribution in [3.8, 4) is 0 Å². The molecule has 1 N–H and O–H groups in total. The molecule has 2 heterocycles. The van der Waals surface area contributed by atoms with Gasteiger partial charge in [-0.15, -0.1) is 0 Å². The van der Waals surface area contributed by atoms with Crippen molar-refractivity contribution >= 4 is 46.6 Å². The van der Waals surface area contributed by atoms with Crippen LogP contribution in [0.2, 0.25) is 0 Å². The molecule has 2 aromatic rings. The summed E-state index contributed by atoms with van der Waals surface area (Å²) < 4.78 is 0. The first-order valence-corrected chi connectivity index (χ1v) is 11.4. The highest BCUT2D eigenvalue weighted by Gasteiger charge is 2.36. The summed E-state index contributed by atoms with van der Waals surface area (Å²) in [5.74, 6) is -0.496. The summed E-state index contributed by atoms with van der Waals surface area (Å²) in [6, 6.07) is 13.7. The molecule has 2 aromatic carbocycles. The average molecular weight is 448 g/mol. The summed E-state index contributed by atoms with van der Waals surface area (Å²) in [7, 11) is 0. The van der Waals surface area contributed by atoms with Crippen molar-refractivity contribution in [2.24, 2.45) is 0 Å². The summed E-state index contributed by atoms with van der Waals surface area (Å²) in [5, 5.41) is 2.76. The molecule has 0 bridgehead atoms. The fourth-order valence-corrected chi connectivity index (χ4v) is 5.23. The second kappa shape index (κ2) is 8.17. The summed E-state index contributed by atoms with van der Waals surface area (Å²) in [6.07, 6.45) is 2.71. The highest BCUT2D eigenvalue weighted by atomic mass is 32.1. The number of carbonyl (C=O) groups excluding carboxylic acids is 2. The summed E-state index contributed by atoms with van der Waals surface area (Å²) in [6.45, 7) is 11.9. The number of fused-ring (bicyclic) bond motifs is 1. The Morgan fingerprint density at radius 3 is 2.50 bits per heavy atom. The first kappa shape index (κ1) is 22.2. The molecule has 166 valence electrons. The van der Waals surface area contributed by atoms with E-state index in [2.05, 4.69) is 50.0 Å². The predicted octanol–water partition coefficient (Wildman–Crippen LogP) is 4.94. The maximum Gasteiger partial charge on any atom is 0.270 e. The van der Waals surface area contributed by atoms with E-state index < -0.39 is 11.8 Å². The average Bonchev–Trinajstić information content (AvgIpc) is 2.72. The van der Waals surface area contributed by atoms with E-state index in [1.54, 1.807) is 6.08 Å². The maximum atomic E-state index is 13.3. The molecule has 32 heavy (non-hydrogen) atoms. The van der Waals surface area contributed by atoms with Gasteiger partial charge >= 0.3 is 0 Å². The van der Waals surface area contributed by atoms with Crippen LogP contribution in [0.3, 0.4) is 0 Å². The van der Waals surface area contributed by atoms with Gasteiger partial charge in [-0.1, -0.05) is 30.7 Å². The molecule has 5 nitrogen and oxygen atoms in total. The zero-order valence-corrected chi connectivity index (χ0v) is 20.0. The first-order chi connectivity index (χ1) is 15.1. The Hall–Kier alpha value is -2.99. The molecule has 0 saturated carbocycles. The molecule has 0 aliphatic carbocycles. The lowest BCUT2D eigenvalue weighted by molar-refractivity contribution is -0.122. The van der Waals surface area contributed by atoms with Crippen LogP contribution in [0.25, 0.3) is 6.08 Å². The van der Waals surface area contributed by atoms with Gasteiger partial charge in [0.1, 0.15) is 5.57 Å². The Labute approximate surface area is 195 Å². The standard InChI is InChI=1S/C26H29N3O2S/c1-6-28-22-12-9-18(13-20(22)17(3)15-26(28,4)5)14-21-23(30)27-25(32)29(24(21)31)19-10-7-16(2)8-11-19/h7-14,17H,6,15H2,1-5H3,(H,27,30,32)/b21-14+. The van der Waals surface area contributed by atoms with Crippen molar-refractivity contribution in [3.63, 3.8) is 0 Å². The van der Waals surface area contributed by atoms with E-state index >= 15 is 0 Å². The van der Waals surface area contributed by atoms with Crippen LogP contribution in [-0.4, -0.2) is 29.0 Å². The summed E-state index contributed by atoms with van der Waals surface area (Å²) in [5.41, 5.74) is 5.19. The Balaban J connectivity index is 1.72. The van der Waals surface area contributed by atoms with Crippen molar-refractivity contribution in [2.45, 2.75) is 52.5 Å². The van der Waals surface area contributed by atoms with Crippen LogP contribution in [0.1, 0.15) is 56.7 Å². The SMILES string of the molecule is CCN1c2ccc(/C=C3\C(=O)NC(=S)N(c4ccc(C)cc4)C3=O)cc2C(C)CC1(C)C. The number of nitrogens with one attached hydrogen (secondary N) is 1.